The second-order valence-electron chi connectivity index (χ2n) is 4.00. The van der Waals surface area contributed by atoms with Gasteiger partial charge in [-0.2, -0.15) is 0 Å². The summed E-state index contributed by atoms with van der Waals surface area (Å²) in [5.41, 5.74) is 0.783. The van der Waals surface area contributed by atoms with Gasteiger partial charge in [-0.05, 0) is 31.2 Å². The van der Waals surface area contributed by atoms with E-state index in [0.717, 1.165) is 18.0 Å². The monoisotopic (exact) mass is 266 g/mol. The van der Waals surface area contributed by atoms with E-state index in [9.17, 15) is 4.79 Å². The average molecular weight is 266 g/mol. The number of nitrogens with one attached hydrogen (secondary N) is 2. The Balaban J connectivity index is 2.24. The van der Waals surface area contributed by atoms with Crippen molar-refractivity contribution in [3.05, 3.63) is 24.3 Å². The van der Waals surface area contributed by atoms with Gasteiger partial charge >= 0.3 is 0 Å². The van der Waals surface area contributed by atoms with E-state index in [4.69, 9.17) is 9.47 Å². The number of carbonyl (C=O) groups excluding carboxylic acids is 1. The van der Waals surface area contributed by atoms with Crippen molar-refractivity contribution in [2.24, 2.45) is 0 Å². The van der Waals surface area contributed by atoms with Gasteiger partial charge in [0.2, 0.25) is 5.91 Å². The molecular formula is C14H22N2O3. The van der Waals surface area contributed by atoms with Gasteiger partial charge in [0.1, 0.15) is 5.75 Å². The molecular weight excluding hydrogens is 244 g/mol. The minimum atomic E-state index is -0.00548. The molecule has 0 aliphatic heterocycles. The number of anilines is 1. The standard InChI is InChI=1S/C14H22N2O3/c1-3-19-13-6-4-12(5-7-13)16-14(17)8-9-15-10-11-18-2/h4-7,15H,3,8-11H2,1-2H3,(H,16,17). The Bertz CT molecular complexity index is 365. The molecule has 2 N–H and O–H groups in total. The quantitative estimate of drug-likeness (QED) is 0.667. The molecule has 0 radical (unpaired) electrons. The summed E-state index contributed by atoms with van der Waals surface area (Å²) in [6, 6.07) is 7.36. The van der Waals surface area contributed by atoms with Crippen LogP contribution in [0.4, 0.5) is 5.69 Å². The molecule has 0 spiro atoms. The van der Waals surface area contributed by atoms with Gasteiger partial charge in [-0.1, -0.05) is 0 Å². The van der Waals surface area contributed by atoms with Crippen molar-refractivity contribution in [2.45, 2.75) is 13.3 Å². The van der Waals surface area contributed by atoms with Crippen LogP contribution in [0.3, 0.4) is 0 Å². The fourth-order valence-corrected chi connectivity index (χ4v) is 1.53. The van der Waals surface area contributed by atoms with Gasteiger partial charge in [0.15, 0.2) is 0 Å². The van der Waals surface area contributed by atoms with E-state index in [1.807, 2.05) is 31.2 Å². The van der Waals surface area contributed by atoms with Gasteiger partial charge < -0.3 is 20.1 Å². The van der Waals surface area contributed by atoms with Gasteiger partial charge in [0, 0.05) is 32.3 Å². The Labute approximate surface area is 114 Å². The second-order valence-corrected chi connectivity index (χ2v) is 4.00. The molecule has 5 heteroatoms. The number of rotatable bonds is 9. The van der Waals surface area contributed by atoms with E-state index >= 15 is 0 Å². The molecule has 0 heterocycles. The predicted octanol–water partition coefficient (Wildman–Crippen LogP) is 1.65. The summed E-state index contributed by atoms with van der Waals surface area (Å²) in [5.74, 6) is 0.802. The molecule has 0 atom stereocenters. The number of hydrogen-bond donors (Lipinski definition) is 2. The number of methoxy groups -OCH3 is 1. The Morgan fingerprint density at radius 3 is 2.58 bits per heavy atom. The van der Waals surface area contributed by atoms with Crippen molar-refractivity contribution in [1.82, 2.24) is 5.32 Å². The number of amides is 1. The molecule has 1 aromatic carbocycles. The largest absolute Gasteiger partial charge is 0.494 e. The maximum atomic E-state index is 11.6. The Morgan fingerprint density at radius 2 is 1.95 bits per heavy atom. The first-order valence-corrected chi connectivity index (χ1v) is 6.48. The summed E-state index contributed by atoms with van der Waals surface area (Å²) in [6.07, 6.45) is 0.441. The van der Waals surface area contributed by atoms with E-state index in [1.165, 1.54) is 0 Å². The van der Waals surface area contributed by atoms with Crippen molar-refractivity contribution in [1.29, 1.82) is 0 Å². The van der Waals surface area contributed by atoms with Crippen LogP contribution in [0.1, 0.15) is 13.3 Å². The zero-order chi connectivity index (χ0) is 13.9. The van der Waals surface area contributed by atoms with Crippen LogP contribution in [-0.4, -0.2) is 39.3 Å². The van der Waals surface area contributed by atoms with Gasteiger partial charge in [-0.15, -0.1) is 0 Å². The third kappa shape index (κ3) is 6.79. The van der Waals surface area contributed by atoms with Gasteiger partial charge in [-0.3, -0.25) is 4.79 Å². The van der Waals surface area contributed by atoms with Crippen LogP contribution in [0.5, 0.6) is 5.75 Å². The van der Waals surface area contributed by atoms with Crippen molar-refractivity contribution < 1.29 is 14.3 Å². The summed E-state index contributed by atoms with van der Waals surface area (Å²) in [6.45, 7) is 4.63. The first-order chi connectivity index (χ1) is 9.26. The summed E-state index contributed by atoms with van der Waals surface area (Å²) in [5, 5.41) is 5.96. The molecule has 1 amide bonds. The average Bonchev–Trinajstić information content (AvgIpc) is 2.41. The summed E-state index contributed by atoms with van der Waals surface area (Å²) in [7, 11) is 1.65. The van der Waals surface area contributed by atoms with Crippen LogP contribution >= 0.6 is 0 Å². The fourth-order valence-electron chi connectivity index (χ4n) is 1.53. The van der Waals surface area contributed by atoms with E-state index in [-0.39, 0.29) is 5.91 Å². The highest BCUT2D eigenvalue weighted by molar-refractivity contribution is 5.90. The van der Waals surface area contributed by atoms with Crippen molar-refractivity contribution in [3.8, 4) is 5.75 Å². The van der Waals surface area contributed by atoms with Crippen molar-refractivity contribution in [2.75, 3.05) is 38.7 Å². The molecule has 0 bridgehead atoms. The Hall–Kier alpha value is -1.59. The SMILES string of the molecule is CCOc1ccc(NC(=O)CCNCCOC)cc1. The van der Waals surface area contributed by atoms with Gasteiger partial charge in [0.25, 0.3) is 0 Å². The molecule has 0 aliphatic carbocycles. The lowest BCUT2D eigenvalue weighted by atomic mass is 10.3. The Morgan fingerprint density at radius 1 is 1.21 bits per heavy atom. The van der Waals surface area contributed by atoms with Gasteiger partial charge in [-0.25, -0.2) is 0 Å². The molecule has 0 saturated heterocycles. The minimum absolute atomic E-state index is 0.00548. The molecule has 1 aromatic rings. The highest BCUT2D eigenvalue weighted by atomic mass is 16.5. The second kappa shape index (κ2) is 9.35. The molecule has 1 rings (SSSR count). The summed E-state index contributed by atoms with van der Waals surface area (Å²) >= 11 is 0. The molecule has 106 valence electrons. The Kier molecular flexibility index (Phi) is 7.62. The molecule has 0 unspecified atom stereocenters. The smallest absolute Gasteiger partial charge is 0.225 e. The molecule has 19 heavy (non-hydrogen) atoms. The molecule has 5 nitrogen and oxygen atoms in total. The number of carbonyl (C=O) groups is 1. The lowest BCUT2D eigenvalue weighted by Gasteiger charge is -2.07. The van der Waals surface area contributed by atoms with Crippen LogP contribution in [0.15, 0.2) is 24.3 Å². The molecule has 0 aliphatic rings. The normalized spacial score (nSPS) is 10.2. The minimum Gasteiger partial charge on any atom is -0.494 e. The third-order valence-electron chi connectivity index (χ3n) is 2.46. The zero-order valence-electron chi connectivity index (χ0n) is 11.6. The van der Waals surface area contributed by atoms with Crippen LogP contribution in [0, 0.1) is 0 Å². The number of ether oxygens (including phenoxy) is 2. The van der Waals surface area contributed by atoms with Gasteiger partial charge in [0.05, 0.1) is 13.2 Å². The van der Waals surface area contributed by atoms with E-state index in [1.54, 1.807) is 7.11 Å². The predicted molar refractivity (Wildman–Crippen MR) is 75.6 cm³/mol. The number of benzene rings is 1. The highest BCUT2D eigenvalue weighted by Gasteiger charge is 2.02. The van der Waals surface area contributed by atoms with Crippen molar-refractivity contribution in [3.63, 3.8) is 0 Å². The lowest BCUT2D eigenvalue weighted by molar-refractivity contribution is -0.116. The van der Waals surface area contributed by atoms with E-state index in [2.05, 4.69) is 10.6 Å². The van der Waals surface area contributed by atoms with E-state index in [0.29, 0.717) is 26.2 Å². The molecule has 0 saturated carbocycles. The zero-order valence-corrected chi connectivity index (χ0v) is 11.6. The van der Waals surface area contributed by atoms with Crippen molar-refractivity contribution >= 4 is 11.6 Å². The van der Waals surface area contributed by atoms with Crippen LogP contribution < -0.4 is 15.4 Å². The fraction of sp³-hybridized carbons (Fsp3) is 0.500. The van der Waals surface area contributed by atoms with E-state index < -0.39 is 0 Å². The molecule has 0 fully saturated rings. The topological polar surface area (TPSA) is 59.6 Å². The highest BCUT2D eigenvalue weighted by Crippen LogP contribution is 2.15. The molecule has 0 aromatic heterocycles. The maximum Gasteiger partial charge on any atom is 0.225 e. The third-order valence-corrected chi connectivity index (χ3v) is 2.46. The first kappa shape index (κ1) is 15.5. The number of hydrogen-bond acceptors (Lipinski definition) is 4. The van der Waals surface area contributed by atoms with Crippen LogP contribution in [-0.2, 0) is 9.53 Å². The lowest BCUT2D eigenvalue weighted by Crippen LogP contribution is -2.24. The van der Waals surface area contributed by atoms with Crippen LogP contribution in [0.25, 0.3) is 0 Å². The van der Waals surface area contributed by atoms with Crippen LogP contribution in [0.2, 0.25) is 0 Å². The summed E-state index contributed by atoms with van der Waals surface area (Å²) in [4.78, 5) is 11.6. The summed E-state index contributed by atoms with van der Waals surface area (Å²) < 4.78 is 10.2. The maximum absolute atomic E-state index is 11.6. The first-order valence-electron chi connectivity index (χ1n) is 6.48.